The van der Waals surface area contributed by atoms with E-state index in [1.54, 1.807) is 42.3 Å². The van der Waals surface area contributed by atoms with Crippen molar-refractivity contribution in [2.45, 2.75) is 37.9 Å². The number of nitrogens with zero attached hydrogens (tertiary/aromatic N) is 2. The van der Waals surface area contributed by atoms with E-state index in [1.807, 2.05) is 0 Å². The summed E-state index contributed by atoms with van der Waals surface area (Å²) in [6.45, 7) is 0.465. The predicted molar refractivity (Wildman–Crippen MR) is 104 cm³/mol. The number of likely N-dealkylation sites (N-methyl/N-ethyl adjacent to an activating group) is 2. The molecule has 2 unspecified atom stereocenters. The van der Waals surface area contributed by atoms with Crippen molar-refractivity contribution in [2.24, 2.45) is 0 Å². The summed E-state index contributed by atoms with van der Waals surface area (Å²) in [5.41, 5.74) is 0. The Morgan fingerprint density at radius 2 is 0.967 bits per heavy atom. The first-order chi connectivity index (χ1) is 13.5. The molecule has 30 heavy (non-hydrogen) atoms. The largest absolute Gasteiger partial charge is 0.481 e. The van der Waals surface area contributed by atoms with Crippen LogP contribution < -0.4 is 0 Å². The third-order valence-electron chi connectivity index (χ3n) is 3.59. The zero-order valence-corrected chi connectivity index (χ0v) is 18.5. The Kier molecular flexibility index (Phi) is 10.6. The van der Waals surface area contributed by atoms with E-state index in [-0.39, 0.29) is 13.1 Å². The summed E-state index contributed by atoms with van der Waals surface area (Å²) in [6.07, 6.45) is -4.06. The first-order valence-electron chi connectivity index (χ1n) is 9.42. The van der Waals surface area contributed by atoms with Crippen LogP contribution in [0.2, 0.25) is 0 Å². The molecular weight excluding hydrogens is 400 g/mol. The lowest BCUT2D eigenvalue weighted by molar-refractivity contribution is -0.873. The van der Waals surface area contributed by atoms with Gasteiger partial charge in [0.2, 0.25) is 0 Å². The lowest BCUT2D eigenvalue weighted by atomic mass is 10.2. The van der Waals surface area contributed by atoms with Crippen molar-refractivity contribution in [3.63, 3.8) is 0 Å². The smallest absolute Gasteiger partial charge is 0.313 e. The minimum atomic E-state index is -1.14. The Bertz CT molecular complexity index is 593. The lowest BCUT2D eigenvalue weighted by Gasteiger charge is -2.28. The molecule has 0 aliphatic rings. The van der Waals surface area contributed by atoms with Crippen molar-refractivity contribution in [2.75, 3.05) is 55.4 Å². The molecule has 2 atom stereocenters. The third kappa shape index (κ3) is 15.4. The van der Waals surface area contributed by atoms with Gasteiger partial charge in [-0.15, -0.1) is 0 Å². The van der Waals surface area contributed by atoms with Gasteiger partial charge < -0.3 is 28.7 Å². The number of ketones is 1. The zero-order chi connectivity index (χ0) is 23.7. The number of rotatable bonds is 14. The summed E-state index contributed by atoms with van der Waals surface area (Å²) < 4.78 is 10.9. The first-order valence-corrected chi connectivity index (χ1v) is 9.42. The van der Waals surface area contributed by atoms with Gasteiger partial charge in [0.05, 0.1) is 55.1 Å². The van der Waals surface area contributed by atoms with E-state index in [2.05, 4.69) is 0 Å². The maximum Gasteiger partial charge on any atom is 0.313 e. The fraction of sp³-hybridized carbons (Fsp3) is 0.737. The van der Waals surface area contributed by atoms with E-state index in [0.29, 0.717) is 8.97 Å². The molecule has 0 aliphatic carbocycles. The van der Waals surface area contributed by atoms with Crippen molar-refractivity contribution in [1.82, 2.24) is 0 Å². The Balaban J connectivity index is 4.76. The van der Waals surface area contributed by atoms with Crippen LogP contribution >= 0.6 is 0 Å². The summed E-state index contributed by atoms with van der Waals surface area (Å²) >= 11 is 0. The van der Waals surface area contributed by atoms with Crippen LogP contribution in [-0.2, 0) is 33.4 Å². The van der Waals surface area contributed by atoms with E-state index in [9.17, 15) is 24.0 Å². The van der Waals surface area contributed by atoms with E-state index in [4.69, 9.17) is 19.7 Å². The van der Waals surface area contributed by atoms with Crippen LogP contribution in [0.3, 0.4) is 0 Å². The number of carboxylic acid groups (broad SMARTS) is 2. The fourth-order valence-electron chi connectivity index (χ4n) is 2.74. The van der Waals surface area contributed by atoms with Crippen LogP contribution in [-0.4, -0.2) is 116 Å². The van der Waals surface area contributed by atoms with Crippen LogP contribution in [0.1, 0.15) is 25.7 Å². The summed E-state index contributed by atoms with van der Waals surface area (Å²) in [5.74, 6) is -4.90. The second kappa shape index (κ2) is 11.6. The average Bonchev–Trinajstić information content (AvgIpc) is 2.40. The van der Waals surface area contributed by atoms with Gasteiger partial charge in [0.15, 0.2) is 18.0 Å². The number of ether oxygens (including phenoxy) is 2. The molecular formula is C19H34N2O9+2. The molecule has 0 saturated carbocycles. The highest BCUT2D eigenvalue weighted by Crippen LogP contribution is 2.09. The summed E-state index contributed by atoms with van der Waals surface area (Å²) in [6, 6.07) is 0. The second-order valence-electron chi connectivity index (χ2n) is 9.26. The van der Waals surface area contributed by atoms with Crippen LogP contribution in [0.4, 0.5) is 0 Å². The van der Waals surface area contributed by atoms with Crippen LogP contribution in [0, 0.1) is 0 Å². The maximum atomic E-state index is 12.0. The van der Waals surface area contributed by atoms with E-state index in [1.165, 1.54) is 0 Å². The topological polar surface area (TPSA) is 144 Å². The van der Waals surface area contributed by atoms with Crippen molar-refractivity contribution < 1.29 is 52.6 Å². The van der Waals surface area contributed by atoms with Crippen molar-refractivity contribution in [3.8, 4) is 0 Å². The highest BCUT2D eigenvalue weighted by atomic mass is 16.6. The summed E-state index contributed by atoms with van der Waals surface area (Å²) in [7, 11) is 10.8. The number of hydrogen-bond donors (Lipinski definition) is 2. The minimum Gasteiger partial charge on any atom is -0.481 e. The SMILES string of the molecule is C[N+](C)(C)CC(CC(=O)O)OC(=O)CC(=O)CC(=O)OC(CC(=O)O)C[N+](C)(C)C. The van der Waals surface area contributed by atoms with E-state index >= 15 is 0 Å². The molecule has 2 N–H and O–H groups in total. The van der Waals surface area contributed by atoms with Gasteiger partial charge in [0.1, 0.15) is 25.9 Å². The molecule has 0 saturated heterocycles. The van der Waals surface area contributed by atoms with Gasteiger partial charge in [-0.2, -0.15) is 0 Å². The number of carbonyl (C=O) groups excluding carboxylic acids is 3. The van der Waals surface area contributed by atoms with Gasteiger partial charge in [-0.3, -0.25) is 24.0 Å². The van der Waals surface area contributed by atoms with Gasteiger partial charge in [-0.25, -0.2) is 0 Å². The summed E-state index contributed by atoms with van der Waals surface area (Å²) in [4.78, 5) is 57.9. The molecule has 0 fully saturated rings. The van der Waals surface area contributed by atoms with E-state index < -0.39 is 67.6 Å². The Morgan fingerprint density at radius 1 is 0.667 bits per heavy atom. The third-order valence-corrected chi connectivity index (χ3v) is 3.59. The van der Waals surface area contributed by atoms with Crippen LogP contribution in [0.5, 0.6) is 0 Å². The van der Waals surface area contributed by atoms with Gasteiger partial charge in [0.25, 0.3) is 0 Å². The van der Waals surface area contributed by atoms with Gasteiger partial charge in [-0.05, 0) is 0 Å². The number of carboxylic acids is 2. The molecule has 0 amide bonds. The maximum absolute atomic E-state index is 12.0. The number of quaternary nitrogens is 2. The molecule has 0 aromatic heterocycles. The van der Waals surface area contributed by atoms with Gasteiger partial charge >= 0.3 is 23.9 Å². The molecule has 0 rings (SSSR count). The monoisotopic (exact) mass is 434 g/mol. The molecule has 0 bridgehead atoms. The molecule has 0 spiro atoms. The zero-order valence-electron chi connectivity index (χ0n) is 18.5. The number of aliphatic carboxylic acids is 2. The predicted octanol–water partition coefficient (Wildman–Crippen LogP) is -0.479. The highest BCUT2D eigenvalue weighted by molar-refractivity contribution is 6.03. The fourth-order valence-corrected chi connectivity index (χ4v) is 2.74. The second-order valence-corrected chi connectivity index (χ2v) is 9.26. The number of hydrogen-bond acceptors (Lipinski definition) is 7. The van der Waals surface area contributed by atoms with Crippen LogP contribution in [0.15, 0.2) is 0 Å². The molecule has 0 aromatic carbocycles. The Hall–Kier alpha value is -2.53. The van der Waals surface area contributed by atoms with Crippen molar-refractivity contribution in [1.29, 1.82) is 0 Å². The quantitative estimate of drug-likeness (QED) is 0.210. The van der Waals surface area contributed by atoms with Gasteiger partial charge in [0, 0.05) is 0 Å². The molecule has 0 aliphatic heterocycles. The molecule has 11 heteroatoms. The Morgan fingerprint density at radius 3 is 1.20 bits per heavy atom. The van der Waals surface area contributed by atoms with Crippen LogP contribution in [0.25, 0.3) is 0 Å². The number of carbonyl (C=O) groups is 5. The van der Waals surface area contributed by atoms with Crippen molar-refractivity contribution >= 4 is 29.7 Å². The molecule has 0 radical (unpaired) electrons. The molecule has 11 nitrogen and oxygen atoms in total. The number of esters is 2. The Labute approximate surface area is 176 Å². The molecule has 0 heterocycles. The standard InChI is InChI=1S/C19H32N2O9/c1-20(2,3)11-14(9-16(23)24)29-18(27)7-13(22)8-19(28)30-15(10-17(25)26)12-21(4,5)6/h14-15H,7-12H2,1-6H3/p+2. The van der Waals surface area contributed by atoms with Gasteiger partial charge in [-0.1, -0.05) is 0 Å². The highest BCUT2D eigenvalue weighted by Gasteiger charge is 2.28. The lowest BCUT2D eigenvalue weighted by Crippen LogP contribution is -2.44. The minimum absolute atomic E-state index is 0.232. The average molecular weight is 434 g/mol. The number of Topliss-reactive ketones (excluding diaryl/α,β-unsaturated/α-hetero) is 1. The summed E-state index contributed by atoms with van der Waals surface area (Å²) in [5, 5.41) is 17.9. The van der Waals surface area contributed by atoms with E-state index in [0.717, 1.165) is 0 Å². The van der Waals surface area contributed by atoms with Crippen molar-refractivity contribution in [3.05, 3.63) is 0 Å². The normalized spacial score (nSPS) is 13.8. The molecule has 0 aromatic rings. The first kappa shape index (κ1) is 27.5. The molecule has 172 valence electrons.